The number of hydrogen-bond acceptors (Lipinski definition) is 14. The predicted molar refractivity (Wildman–Crippen MR) is 156 cm³/mol. The van der Waals surface area contributed by atoms with Gasteiger partial charge in [-0.05, 0) is 37.5 Å². The molecule has 5 atom stereocenters. The molecule has 6 heterocycles. The van der Waals surface area contributed by atoms with Crippen LogP contribution in [0.2, 0.25) is 0 Å². The van der Waals surface area contributed by atoms with Crippen LogP contribution >= 0.6 is 15.3 Å². The van der Waals surface area contributed by atoms with E-state index in [1.165, 1.54) is 18.9 Å². The second kappa shape index (κ2) is 15.0. The molecule has 5 unspecified atom stereocenters. The topological polar surface area (TPSA) is 238 Å². The zero-order valence-electron chi connectivity index (χ0n) is 23.0. The highest BCUT2D eigenvalue weighted by Gasteiger charge is 2.30. The van der Waals surface area contributed by atoms with Crippen molar-refractivity contribution in [2.75, 3.05) is 19.8 Å². The van der Waals surface area contributed by atoms with Crippen molar-refractivity contribution in [1.29, 1.82) is 5.26 Å². The van der Waals surface area contributed by atoms with E-state index in [1.54, 1.807) is 17.1 Å². The molecule has 0 saturated carbocycles. The average molecular weight is 670 g/mol. The number of ether oxygens (including phenoxy) is 2. The number of rotatable bonds is 11. The maximum absolute atomic E-state index is 11.6. The highest BCUT2D eigenvalue weighted by Crippen LogP contribution is 2.39. The molecule has 2 aliphatic heterocycles. The maximum atomic E-state index is 11.6. The maximum Gasteiger partial charge on any atom is 0.329 e. The molecule has 0 amide bonds. The van der Waals surface area contributed by atoms with Crippen LogP contribution in [0.5, 0.6) is 0 Å². The van der Waals surface area contributed by atoms with Crippen molar-refractivity contribution in [3.8, 4) is 6.07 Å². The third-order valence-electron chi connectivity index (χ3n) is 6.64. The molecule has 4 N–H and O–H groups in total. The SMILES string of the molecule is N#CCCOP(O)OCC1CCC(n2cnc3cncnc32)O1.O=c1[nH]ncc2c1ncn2C1CCC(COP(O)(O)=S)O1. The van der Waals surface area contributed by atoms with Crippen LogP contribution in [0.25, 0.3) is 22.2 Å². The summed E-state index contributed by atoms with van der Waals surface area (Å²) in [7, 11) is -1.97. The normalized spacial score (nSPS) is 22.6. The van der Waals surface area contributed by atoms with Crippen LogP contribution in [0.15, 0.2) is 36.2 Å². The number of imidazole rings is 2. The standard InChI is InChI=1S/C13H16N5O4P.C10H13N4O5PS/c14-4-1-5-20-23(19)21-7-10-2-3-12(22-10)18-9-17-11-6-15-8-16-13(11)18;15-10-9-7(3-12-13-10)14(5-11-9)8-2-1-6(19-8)4-18-20(16,17)21/h6,8-10,12,19H,1-3,5,7H2;3,5-6,8H,1-2,4H2,(H,13,15)(H2,16,17,21). The lowest BCUT2D eigenvalue weighted by Gasteiger charge is -2.16. The molecule has 44 heavy (non-hydrogen) atoms. The van der Waals surface area contributed by atoms with Gasteiger partial charge in [0.2, 0.25) is 0 Å². The Labute approximate surface area is 255 Å². The van der Waals surface area contributed by atoms with Crippen LogP contribution in [-0.4, -0.2) is 86.0 Å². The van der Waals surface area contributed by atoms with Crippen LogP contribution in [0.3, 0.4) is 0 Å². The molecule has 2 saturated heterocycles. The number of nitriles is 1. The van der Waals surface area contributed by atoms with E-state index in [2.05, 4.69) is 41.9 Å². The van der Waals surface area contributed by atoms with E-state index >= 15 is 0 Å². The predicted octanol–water partition coefficient (Wildman–Crippen LogP) is 1.69. The van der Waals surface area contributed by atoms with Gasteiger partial charge in [-0.15, -0.1) is 0 Å². The molecule has 236 valence electrons. The summed E-state index contributed by atoms with van der Waals surface area (Å²) >= 11 is 4.39. The number of nitrogens with zero attached hydrogens (tertiary/aromatic N) is 8. The zero-order chi connectivity index (χ0) is 31.1. The highest BCUT2D eigenvalue weighted by atomic mass is 32.5. The molecular formula is C23H29N9O9P2S. The Morgan fingerprint density at radius 1 is 1.07 bits per heavy atom. The lowest BCUT2D eigenvalue weighted by Crippen LogP contribution is -2.16. The lowest BCUT2D eigenvalue weighted by molar-refractivity contribution is -0.0186. The minimum absolute atomic E-state index is 0.0201. The fourth-order valence-electron chi connectivity index (χ4n) is 4.67. The van der Waals surface area contributed by atoms with Crippen molar-refractivity contribution >= 4 is 49.3 Å². The van der Waals surface area contributed by atoms with E-state index in [0.29, 0.717) is 23.9 Å². The number of hydrogen-bond donors (Lipinski definition) is 4. The molecule has 0 bridgehead atoms. The van der Waals surface area contributed by atoms with Crippen LogP contribution in [0.4, 0.5) is 0 Å². The van der Waals surface area contributed by atoms with Gasteiger partial charge < -0.3 is 42.3 Å². The van der Waals surface area contributed by atoms with Crippen molar-refractivity contribution < 1.29 is 37.7 Å². The Morgan fingerprint density at radius 2 is 1.80 bits per heavy atom. The lowest BCUT2D eigenvalue weighted by atomic mass is 10.2. The Hall–Kier alpha value is -2.85. The van der Waals surface area contributed by atoms with Crippen LogP contribution in [-0.2, 0) is 34.9 Å². The fourth-order valence-corrected chi connectivity index (χ4v) is 5.82. The summed E-state index contributed by atoms with van der Waals surface area (Å²) in [5.41, 5.74) is 1.98. The third-order valence-corrected chi connectivity index (χ3v) is 8.22. The van der Waals surface area contributed by atoms with Gasteiger partial charge in [-0.25, -0.2) is 25.0 Å². The first-order chi connectivity index (χ1) is 21.2. The molecule has 18 nitrogen and oxygen atoms in total. The molecule has 2 fully saturated rings. The quantitative estimate of drug-likeness (QED) is 0.131. The molecule has 2 aliphatic rings. The van der Waals surface area contributed by atoms with Gasteiger partial charge in [0.15, 0.2) is 11.2 Å². The molecule has 4 aromatic heterocycles. The van der Waals surface area contributed by atoms with E-state index < -0.39 is 15.3 Å². The number of H-pyrrole nitrogens is 1. The molecule has 0 radical (unpaired) electrons. The van der Waals surface area contributed by atoms with E-state index in [-0.39, 0.29) is 56.5 Å². The first kappa shape index (κ1) is 32.5. The largest absolute Gasteiger partial charge is 0.352 e. The van der Waals surface area contributed by atoms with E-state index in [9.17, 15) is 9.69 Å². The van der Waals surface area contributed by atoms with Crippen LogP contribution in [0, 0.1) is 11.3 Å². The van der Waals surface area contributed by atoms with E-state index in [1.807, 2.05) is 10.6 Å². The number of fused-ring (bicyclic) bond motifs is 2. The van der Waals surface area contributed by atoms with Crippen molar-refractivity contribution in [3.63, 3.8) is 0 Å². The van der Waals surface area contributed by atoms with Gasteiger partial charge in [0, 0.05) is 0 Å². The van der Waals surface area contributed by atoms with Crippen molar-refractivity contribution in [1.82, 2.24) is 39.3 Å². The monoisotopic (exact) mass is 669 g/mol. The minimum atomic E-state index is -3.66. The molecule has 6 rings (SSSR count). The summed E-state index contributed by atoms with van der Waals surface area (Å²) in [6.45, 7) is -3.24. The second-order valence-corrected chi connectivity index (χ2v) is 13.3. The van der Waals surface area contributed by atoms with Crippen LogP contribution < -0.4 is 5.56 Å². The highest BCUT2D eigenvalue weighted by molar-refractivity contribution is 8.06. The Morgan fingerprint density at radius 3 is 2.55 bits per heavy atom. The minimum Gasteiger partial charge on any atom is -0.352 e. The summed E-state index contributed by atoms with van der Waals surface area (Å²) in [6.07, 6.45) is 10.2. The fraction of sp³-hybridized carbons (Fsp3) is 0.522. The van der Waals surface area contributed by atoms with Gasteiger partial charge in [0.05, 0.1) is 75.1 Å². The van der Waals surface area contributed by atoms with Gasteiger partial charge in [-0.3, -0.25) is 9.36 Å². The first-order valence-electron chi connectivity index (χ1n) is 13.4. The smallest absolute Gasteiger partial charge is 0.329 e. The summed E-state index contributed by atoms with van der Waals surface area (Å²) in [4.78, 5) is 55.7. The van der Waals surface area contributed by atoms with Gasteiger partial charge in [-0.2, -0.15) is 10.4 Å². The van der Waals surface area contributed by atoms with Gasteiger partial charge in [-0.1, -0.05) is 0 Å². The zero-order valence-corrected chi connectivity index (χ0v) is 25.6. The molecule has 0 spiro atoms. The first-order valence-corrected chi connectivity index (χ1v) is 17.1. The molecule has 4 aromatic rings. The summed E-state index contributed by atoms with van der Waals surface area (Å²) in [5.74, 6) is 0. The van der Waals surface area contributed by atoms with Gasteiger partial charge >= 0.3 is 15.3 Å². The van der Waals surface area contributed by atoms with Crippen molar-refractivity contribution in [3.05, 3.63) is 41.7 Å². The van der Waals surface area contributed by atoms with E-state index in [4.69, 9.17) is 38.1 Å². The van der Waals surface area contributed by atoms with Gasteiger partial charge in [0.1, 0.15) is 24.3 Å². The molecule has 0 aromatic carbocycles. The van der Waals surface area contributed by atoms with Gasteiger partial charge in [0.25, 0.3) is 5.56 Å². The molecule has 0 aliphatic carbocycles. The molecule has 21 heteroatoms. The van der Waals surface area contributed by atoms with E-state index in [0.717, 1.165) is 24.0 Å². The second-order valence-electron chi connectivity index (χ2n) is 9.61. The average Bonchev–Trinajstić information content (AvgIpc) is 3.81. The number of aromatic amines is 1. The summed E-state index contributed by atoms with van der Waals surface area (Å²) in [6, 6.07) is 1.93. The Kier molecular flexibility index (Phi) is 11.1. The molecular weight excluding hydrogens is 640 g/mol. The summed E-state index contributed by atoms with van der Waals surface area (Å²) in [5, 5.41) is 14.5. The van der Waals surface area contributed by atoms with Crippen LogP contribution in [0.1, 0.15) is 44.6 Å². The number of nitrogens with one attached hydrogen (secondary N) is 1. The Bertz CT molecular complexity index is 1690. The third kappa shape index (κ3) is 8.44. The van der Waals surface area contributed by atoms with Crippen molar-refractivity contribution in [2.45, 2.75) is 56.8 Å². The summed E-state index contributed by atoms with van der Waals surface area (Å²) < 4.78 is 30.3. The Balaban J connectivity index is 0.000000175. The van der Waals surface area contributed by atoms with Crippen molar-refractivity contribution in [2.24, 2.45) is 0 Å². The number of aromatic nitrogens is 8.